The number of benzene rings is 1. The van der Waals surface area contributed by atoms with Gasteiger partial charge in [-0.3, -0.25) is 19.5 Å². The lowest BCUT2D eigenvalue weighted by molar-refractivity contribution is -0.131. The zero-order valence-electron chi connectivity index (χ0n) is 16.1. The van der Waals surface area contributed by atoms with Crippen LogP contribution in [0.25, 0.3) is 0 Å². The molecule has 0 bridgehead atoms. The van der Waals surface area contributed by atoms with Crippen molar-refractivity contribution in [3.63, 3.8) is 0 Å². The van der Waals surface area contributed by atoms with Crippen LogP contribution < -0.4 is 0 Å². The van der Waals surface area contributed by atoms with Crippen LogP contribution in [0.15, 0.2) is 33.7 Å². The number of amides is 2. The highest BCUT2D eigenvalue weighted by Gasteiger charge is 2.50. The molecule has 2 aliphatic carbocycles. The molecule has 4 aliphatic rings. The fourth-order valence-electron chi connectivity index (χ4n) is 4.96. The second-order valence-electron chi connectivity index (χ2n) is 8.81. The average molecular weight is 444 g/mol. The molecule has 1 aromatic carbocycles. The van der Waals surface area contributed by atoms with E-state index in [-0.39, 0.29) is 11.8 Å². The molecule has 28 heavy (non-hydrogen) atoms. The van der Waals surface area contributed by atoms with Gasteiger partial charge in [-0.25, -0.2) is 0 Å². The van der Waals surface area contributed by atoms with Gasteiger partial charge in [-0.1, -0.05) is 40.9 Å². The topological polar surface area (TPSA) is 53.0 Å². The van der Waals surface area contributed by atoms with Crippen LogP contribution in [0.5, 0.6) is 0 Å². The molecule has 2 aliphatic heterocycles. The highest BCUT2D eigenvalue weighted by Crippen LogP contribution is 2.41. The van der Waals surface area contributed by atoms with Gasteiger partial charge in [-0.2, -0.15) is 0 Å². The van der Waals surface area contributed by atoms with Crippen LogP contribution in [-0.2, 0) is 9.59 Å². The first-order chi connectivity index (χ1) is 13.6. The van der Waals surface area contributed by atoms with Gasteiger partial charge in [0.15, 0.2) is 0 Å². The van der Waals surface area contributed by atoms with Crippen molar-refractivity contribution in [3.05, 3.63) is 34.3 Å². The minimum absolute atomic E-state index is 0.176. The van der Waals surface area contributed by atoms with Gasteiger partial charge in [-0.15, -0.1) is 0 Å². The predicted molar refractivity (Wildman–Crippen MR) is 111 cm³/mol. The van der Waals surface area contributed by atoms with E-state index in [1.54, 1.807) is 0 Å². The van der Waals surface area contributed by atoms with Gasteiger partial charge in [0.1, 0.15) is 11.4 Å². The number of amidine groups is 1. The van der Waals surface area contributed by atoms with E-state index < -0.39 is 5.54 Å². The molecule has 0 N–H and O–H groups in total. The van der Waals surface area contributed by atoms with Gasteiger partial charge in [0.25, 0.3) is 5.91 Å². The van der Waals surface area contributed by atoms with Crippen molar-refractivity contribution in [2.45, 2.75) is 50.5 Å². The number of likely N-dealkylation sites (tertiary alicyclic amines) is 1. The predicted octanol–water partition coefficient (Wildman–Crippen LogP) is 3.61. The molecular weight excluding hydrogens is 418 g/mol. The molecule has 1 saturated heterocycles. The molecule has 5 rings (SSSR count). The van der Waals surface area contributed by atoms with Crippen molar-refractivity contribution in [2.75, 3.05) is 19.6 Å². The van der Waals surface area contributed by atoms with Crippen LogP contribution in [0.4, 0.5) is 0 Å². The molecule has 1 aromatic rings. The first-order valence-electron chi connectivity index (χ1n) is 10.5. The molecule has 3 fully saturated rings. The van der Waals surface area contributed by atoms with Crippen molar-refractivity contribution >= 4 is 33.6 Å². The van der Waals surface area contributed by atoms with Crippen molar-refractivity contribution in [2.24, 2.45) is 16.8 Å². The zero-order chi connectivity index (χ0) is 19.3. The number of carbonyl (C=O) groups is 2. The number of carbonyl (C=O) groups excluding carboxylic acids is 2. The van der Waals surface area contributed by atoms with Crippen LogP contribution in [0, 0.1) is 11.8 Å². The minimum atomic E-state index is -0.537. The summed E-state index contributed by atoms with van der Waals surface area (Å²) in [7, 11) is 0. The lowest BCUT2D eigenvalue weighted by Gasteiger charge is -2.25. The van der Waals surface area contributed by atoms with Crippen molar-refractivity contribution in [1.29, 1.82) is 0 Å². The summed E-state index contributed by atoms with van der Waals surface area (Å²) in [6, 6.07) is 8.08. The molecule has 1 spiro atoms. The van der Waals surface area contributed by atoms with Gasteiger partial charge in [0.05, 0.1) is 0 Å². The molecule has 6 heteroatoms. The van der Waals surface area contributed by atoms with E-state index in [0.29, 0.717) is 18.4 Å². The maximum absolute atomic E-state index is 13.4. The van der Waals surface area contributed by atoms with E-state index in [4.69, 9.17) is 4.99 Å². The Labute approximate surface area is 174 Å². The fraction of sp³-hybridized carbons (Fsp3) is 0.591. The first-order valence-corrected chi connectivity index (χ1v) is 11.3. The van der Waals surface area contributed by atoms with Crippen molar-refractivity contribution in [3.8, 4) is 0 Å². The van der Waals surface area contributed by atoms with E-state index in [9.17, 15) is 9.59 Å². The van der Waals surface area contributed by atoms with E-state index in [0.717, 1.165) is 73.9 Å². The van der Waals surface area contributed by atoms with Gasteiger partial charge >= 0.3 is 0 Å². The third kappa shape index (κ3) is 3.19. The Kier molecular flexibility index (Phi) is 4.57. The van der Waals surface area contributed by atoms with Crippen molar-refractivity contribution < 1.29 is 9.59 Å². The first kappa shape index (κ1) is 18.3. The Morgan fingerprint density at radius 2 is 1.86 bits per heavy atom. The summed E-state index contributed by atoms with van der Waals surface area (Å²) in [6.07, 6.45) is 6.94. The lowest BCUT2D eigenvalue weighted by Crippen LogP contribution is -2.44. The molecule has 1 atom stereocenters. The summed E-state index contributed by atoms with van der Waals surface area (Å²) < 4.78 is 1.02. The molecule has 148 valence electrons. The Hall–Kier alpha value is -1.69. The summed E-state index contributed by atoms with van der Waals surface area (Å²) >= 11 is 3.49. The third-order valence-corrected chi connectivity index (χ3v) is 7.25. The molecule has 2 heterocycles. The largest absolute Gasteiger partial charge is 0.342 e. The number of hydrogen-bond acceptors (Lipinski definition) is 3. The third-order valence-electron chi connectivity index (χ3n) is 6.72. The van der Waals surface area contributed by atoms with Crippen LogP contribution in [0.3, 0.4) is 0 Å². The van der Waals surface area contributed by atoms with Gasteiger partial charge in [0.2, 0.25) is 5.91 Å². The number of aliphatic imine (C=N–C) groups is 1. The summed E-state index contributed by atoms with van der Waals surface area (Å²) in [4.78, 5) is 34.8. The number of halogens is 1. The molecule has 0 unspecified atom stereocenters. The normalized spacial score (nSPS) is 26.4. The standard InChI is InChI=1S/C22H26BrN3O2/c23-18-7-5-16(6-8-18)19-24-22(10-1-2-11-22)21(28)26(19)14-15-9-12-25(13-15)20(27)17-3-4-17/h5-8,15,17H,1-4,9-14H2/t15-/m1/s1. The highest BCUT2D eigenvalue weighted by molar-refractivity contribution is 9.10. The maximum atomic E-state index is 13.4. The lowest BCUT2D eigenvalue weighted by atomic mass is 9.97. The van der Waals surface area contributed by atoms with Crippen LogP contribution in [-0.4, -0.2) is 52.6 Å². The second kappa shape index (κ2) is 6.97. The molecule has 0 radical (unpaired) electrons. The Morgan fingerprint density at radius 1 is 1.14 bits per heavy atom. The quantitative estimate of drug-likeness (QED) is 0.713. The zero-order valence-corrected chi connectivity index (χ0v) is 17.7. The smallest absolute Gasteiger partial charge is 0.256 e. The Balaban J connectivity index is 1.37. The van der Waals surface area contributed by atoms with Crippen molar-refractivity contribution in [1.82, 2.24) is 9.80 Å². The van der Waals surface area contributed by atoms with Gasteiger partial charge in [0, 0.05) is 35.6 Å². The van der Waals surface area contributed by atoms with E-state index >= 15 is 0 Å². The summed E-state index contributed by atoms with van der Waals surface area (Å²) in [5, 5.41) is 0. The average Bonchev–Trinajstić information content (AvgIpc) is 3.15. The summed E-state index contributed by atoms with van der Waals surface area (Å²) in [5.41, 5.74) is 0.467. The maximum Gasteiger partial charge on any atom is 0.256 e. The molecule has 2 saturated carbocycles. The summed E-state index contributed by atoms with van der Waals surface area (Å²) in [6.45, 7) is 2.28. The van der Waals surface area contributed by atoms with Crippen LogP contribution >= 0.6 is 15.9 Å². The van der Waals surface area contributed by atoms with Crippen LogP contribution in [0.2, 0.25) is 0 Å². The minimum Gasteiger partial charge on any atom is -0.342 e. The number of rotatable bonds is 4. The Bertz CT molecular complexity index is 825. The van der Waals surface area contributed by atoms with Gasteiger partial charge in [-0.05, 0) is 50.2 Å². The number of hydrogen-bond donors (Lipinski definition) is 0. The fourth-order valence-corrected chi connectivity index (χ4v) is 5.23. The second-order valence-corrected chi connectivity index (χ2v) is 9.73. The van der Waals surface area contributed by atoms with E-state index in [1.165, 1.54) is 0 Å². The van der Waals surface area contributed by atoms with Gasteiger partial charge < -0.3 is 4.90 Å². The molecule has 5 nitrogen and oxygen atoms in total. The molecule has 0 aromatic heterocycles. The summed E-state index contributed by atoms with van der Waals surface area (Å²) in [5.74, 6) is 1.93. The highest BCUT2D eigenvalue weighted by atomic mass is 79.9. The van der Waals surface area contributed by atoms with E-state index in [2.05, 4.69) is 15.9 Å². The monoisotopic (exact) mass is 443 g/mol. The molecule has 2 amide bonds. The number of nitrogens with zero attached hydrogens (tertiary/aromatic N) is 3. The van der Waals surface area contributed by atoms with E-state index in [1.807, 2.05) is 34.1 Å². The SMILES string of the molecule is O=C(C1CC1)N1CC[C@@H](CN2C(=O)C3(CCCC3)N=C2c2ccc(Br)cc2)C1. The van der Waals surface area contributed by atoms with Crippen LogP contribution in [0.1, 0.15) is 50.5 Å². The Morgan fingerprint density at radius 3 is 2.54 bits per heavy atom. The molecular formula is C22H26BrN3O2.